The Morgan fingerprint density at radius 3 is 2.14 bits per heavy atom. The first-order valence-corrected chi connectivity index (χ1v) is 14.0. The summed E-state index contributed by atoms with van der Waals surface area (Å²) in [5.74, 6) is -0.552. The number of methoxy groups -OCH3 is 2. The first-order valence-electron chi connectivity index (χ1n) is 14.0. The van der Waals surface area contributed by atoms with Gasteiger partial charge in [-0.2, -0.15) is 0 Å². The quantitative estimate of drug-likeness (QED) is 0.212. The van der Waals surface area contributed by atoms with Gasteiger partial charge in [0.25, 0.3) is 0 Å². The number of nitrogens with zero attached hydrogens (tertiary/aromatic N) is 1. The Morgan fingerprint density at radius 1 is 0.810 bits per heavy atom. The van der Waals surface area contributed by atoms with E-state index in [1.165, 1.54) is 0 Å². The molecule has 1 saturated heterocycles. The van der Waals surface area contributed by atoms with E-state index in [0.717, 1.165) is 16.8 Å². The molecule has 4 aromatic carbocycles. The molecule has 0 aromatic heterocycles. The topological polar surface area (TPSA) is 72.9 Å². The summed E-state index contributed by atoms with van der Waals surface area (Å²) in [4.78, 5) is 46.4. The standard InChI is InChI=1S/C36H29NO5/c1-21-12-14-23(15-13-21)33(38)32-31(27-18-17-24(41-2)20-29(27)42-3)36(34(39)25-9-5-6-10-26(25)35(36)40)30-19-16-22-8-4-7-11-28(22)37(30)32/h4-20,30-32H,1-3H3/t30-,31+,32+/m1/s1. The zero-order valence-corrected chi connectivity index (χ0v) is 23.5. The second kappa shape index (κ2) is 9.55. The highest BCUT2D eigenvalue weighted by molar-refractivity contribution is 6.32. The summed E-state index contributed by atoms with van der Waals surface area (Å²) in [5.41, 5.74) is 3.06. The van der Waals surface area contributed by atoms with Crippen LogP contribution in [0.15, 0.2) is 97.1 Å². The van der Waals surface area contributed by atoms with Crippen LogP contribution in [0.25, 0.3) is 6.08 Å². The maximum atomic E-state index is 14.8. The maximum absolute atomic E-state index is 14.8. The van der Waals surface area contributed by atoms with Gasteiger partial charge >= 0.3 is 0 Å². The summed E-state index contributed by atoms with van der Waals surface area (Å²) in [6, 6.07) is 26.0. The highest BCUT2D eigenvalue weighted by Gasteiger charge is 2.71. The molecular weight excluding hydrogens is 526 g/mol. The lowest BCUT2D eigenvalue weighted by molar-refractivity contribution is 0.0665. The highest BCUT2D eigenvalue weighted by atomic mass is 16.5. The molecule has 0 unspecified atom stereocenters. The van der Waals surface area contributed by atoms with Crippen molar-refractivity contribution in [2.45, 2.75) is 24.9 Å². The first kappa shape index (κ1) is 26.0. The minimum Gasteiger partial charge on any atom is -0.497 e. The van der Waals surface area contributed by atoms with Crippen molar-refractivity contribution >= 4 is 29.1 Å². The third-order valence-corrected chi connectivity index (χ3v) is 9.09. The zero-order valence-electron chi connectivity index (χ0n) is 23.5. The molecule has 0 N–H and O–H groups in total. The molecule has 3 aliphatic rings. The fraction of sp³-hybridized carbons (Fsp3) is 0.194. The molecule has 0 radical (unpaired) electrons. The molecule has 1 spiro atoms. The van der Waals surface area contributed by atoms with Crippen LogP contribution in [0.5, 0.6) is 11.5 Å². The predicted molar refractivity (Wildman–Crippen MR) is 161 cm³/mol. The van der Waals surface area contributed by atoms with Gasteiger partial charge in [0.15, 0.2) is 17.3 Å². The second-order valence-corrected chi connectivity index (χ2v) is 11.1. The monoisotopic (exact) mass is 555 g/mol. The summed E-state index contributed by atoms with van der Waals surface area (Å²) in [6.07, 6.45) is 3.89. The minimum atomic E-state index is -1.60. The predicted octanol–water partition coefficient (Wildman–Crippen LogP) is 6.33. The Balaban J connectivity index is 1.57. The number of rotatable bonds is 5. The van der Waals surface area contributed by atoms with Crippen molar-refractivity contribution in [3.05, 3.63) is 130 Å². The number of aryl methyl sites for hydroxylation is 1. The summed E-state index contributed by atoms with van der Waals surface area (Å²) in [7, 11) is 3.12. The number of para-hydroxylation sites is 1. The van der Waals surface area contributed by atoms with Gasteiger partial charge < -0.3 is 14.4 Å². The van der Waals surface area contributed by atoms with Crippen LogP contribution in [0.1, 0.15) is 53.7 Å². The molecule has 6 heteroatoms. The molecule has 4 aromatic rings. The Kier molecular flexibility index (Phi) is 5.91. The highest BCUT2D eigenvalue weighted by Crippen LogP contribution is 2.62. The Labute approximate surface area is 244 Å². The van der Waals surface area contributed by atoms with Gasteiger partial charge in [0.2, 0.25) is 0 Å². The largest absolute Gasteiger partial charge is 0.497 e. The molecule has 1 aliphatic carbocycles. The fourth-order valence-corrected chi connectivity index (χ4v) is 7.22. The van der Waals surface area contributed by atoms with Crippen LogP contribution in [0, 0.1) is 12.3 Å². The number of fused-ring (bicyclic) bond motifs is 5. The van der Waals surface area contributed by atoms with Crippen LogP contribution in [0.2, 0.25) is 0 Å². The molecule has 2 heterocycles. The number of ketones is 3. The van der Waals surface area contributed by atoms with Crippen LogP contribution < -0.4 is 14.4 Å². The van der Waals surface area contributed by atoms with E-state index in [9.17, 15) is 14.4 Å². The Bertz CT molecular complexity index is 1770. The van der Waals surface area contributed by atoms with Crippen LogP contribution >= 0.6 is 0 Å². The van der Waals surface area contributed by atoms with E-state index in [-0.39, 0.29) is 17.3 Å². The lowest BCUT2D eigenvalue weighted by atomic mass is 9.64. The van der Waals surface area contributed by atoms with Crippen LogP contribution in [-0.2, 0) is 0 Å². The normalized spacial score (nSPS) is 21.2. The third kappa shape index (κ3) is 3.41. The molecule has 0 amide bonds. The number of carbonyl (C=O) groups is 3. The summed E-state index contributed by atoms with van der Waals surface area (Å²) < 4.78 is 11.4. The Morgan fingerprint density at radius 2 is 1.48 bits per heavy atom. The van der Waals surface area contributed by atoms with Gasteiger partial charge in [0.1, 0.15) is 23.0 Å². The minimum absolute atomic E-state index is 0.165. The van der Waals surface area contributed by atoms with E-state index in [4.69, 9.17) is 9.47 Å². The van der Waals surface area contributed by atoms with Crippen molar-refractivity contribution in [1.82, 2.24) is 0 Å². The van der Waals surface area contributed by atoms with Gasteiger partial charge in [-0.25, -0.2) is 0 Å². The molecule has 7 rings (SSSR count). The smallest absolute Gasteiger partial charge is 0.185 e. The number of hydrogen-bond acceptors (Lipinski definition) is 6. The van der Waals surface area contributed by atoms with E-state index in [1.54, 1.807) is 50.6 Å². The molecule has 0 saturated carbocycles. The number of carbonyl (C=O) groups excluding carboxylic acids is 3. The van der Waals surface area contributed by atoms with E-state index in [2.05, 4.69) is 0 Å². The van der Waals surface area contributed by atoms with Crippen molar-refractivity contribution in [2.24, 2.45) is 5.41 Å². The number of hydrogen-bond donors (Lipinski definition) is 0. The zero-order chi connectivity index (χ0) is 29.2. The molecule has 3 atom stereocenters. The lowest BCUT2D eigenvalue weighted by Crippen LogP contribution is -2.48. The van der Waals surface area contributed by atoms with Gasteiger partial charge in [-0.1, -0.05) is 90.5 Å². The molecule has 6 nitrogen and oxygen atoms in total. The number of Topliss-reactive ketones (excluding diaryl/α,β-unsaturated/α-hetero) is 3. The lowest BCUT2D eigenvalue weighted by Gasteiger charge is -2.37. The second-order valence-electron chi connectivity index (χ2n) is 11.1. The molecular formula is C36H29NO5. The van der Waals surface area contributed by atoms with Gasteiger partial charge in [0.05, 0.1) is 20.3 Å². The van der Waals surface area contributed by atoms with Crippen LogP contribution in [0.4, 0.5) is 5.69 Å². The van der Waals surface area contributed by atoms with Gasteiger partial charge in [0, 0.05) is 39.9 Å². The summed E-state index contributed by atoms with van der Waals surface area (Å²) >= 11 is 0. The average molecular weight is 556 g/mol. The Hall–Kier alpha value is -4.97. The van der Waals surface area contributed by atoms with Crippen molar-refractivity contribution in [2.75, 3.05) is 19.1 Å². The van der Waals surface area contributed by atoms with E-state index in [0.29, 0.717) is 33.8 Å². The van der Waals surface area contributed by atoms with Crippen LogP contribution in [-0.4, -0.2) is 43.7 Å². The van der Waals surface area contributed by atoms with Crippen molar-refractivity contribution in [1.29, 1.82) is 0 Å². The number of ether oxygens (including phenoxy) is 2. The van der Waals surface area contributed by atoms with E-state index < -0.39 is 23.4 Å². The number of anilines is 1. The van der Waals surface area contributed by atoms with Crippen molar-refractivity contribution in [3.63, 3.8) is 0 Å². The fourth-order valence-electron chi connectivity index (χ4n) is 7.22. The summed E-state index contributed by atoms with van der Waals surface area (Å²) in [6.45, 7) is 1.97. The molecule has 2 aliphatic heterocycles. The van der Waals surface area contributed by atoms with Gasteiger partial charge in [-0.05, 0) is 24.6 Å². The van der Waals surface area contributed by atoms with E-state index in [1.807, 2.05) is 78.6 Å². The molecule has 42 heavy (non-hydrogen) atoms. The van der Waals surface area contributed by atoms with Gasteiger partial charge in [-0.15, -0.1) is 0 Å². The average Bonchev–Trinajstić information content (AvgIpc) is 3.46. The van der Waals surface area contributed by atoms with Crippen molar-refractivity contribution in [3.8, 4) is 11.5 Å². The molecule has 0 bridgehead atoms. The number of benzene rings is 4. The summed E-state index contributed by atoms with van der Waals surface area (Å²) in [5, 5.41) is 0. The first-order chi connectivity index (χ1) is 20.4. The molecule has 208 valence electrons. The van der Waals surface area contributed by atoms with E-state index >= 15 is 0 Å². The van der Waals surface area contributed by atoms with Gasteiger partial charge in [-0.3, -0.25) is 14.4 Å². The molecule has 1 fully saturated rings. The third-order valence-electron chi connectivity index (χ3n) is 9.09. The maximum Gasteiger partial charge on any atom is 0.185 e. The van der Waals surface area contributed by atoms with Crippen LogP contribution in [0.3, 0.4) is 0 Å². The SMILES string of the molecule is COc1ccc([C@H]2[C@@H](C(=O)c3ccc(C)cc3)N3c4ccccc4C=C[C@@H]3C23C(=O)c2ccccc2C3=O)c(OC)c1. The van der Waals surface area contributed by atoms with Crippen molar-refractivity contribution < 1.29 is 23.9 Å².